The summed E-state index contributed by atoms with van der Waals surface area (Å²) in [5, 5.41) is 11.6. The quantitative estimate of drug-likeness (QED) is 0.125. The summed E-state index contributed by atoms with van der Waals surface area (Å²) in [5.41, 5.74) is 7.04. The van der Waals surface area contributed by atoms with Gasteiger partial charge in [-0.3, -0.25) is 9.78 Å². The normalized spacial score (nSPS) is 11.9. The number of hydrogen-bond acceptors (Lipinski definition) is 8. The molecule has 0 saturated heterocycles. The first-order valence-electron chi connectivity index (χ1n) is 8.39. The van der Waals surface area contributed by atoms with Crippen LogP contribution in [0.2, 0.25) is 0 Å². The molecule has 0 radical (unpaired) electrons. The molecule has 158 valence electrons. The molecule has 2 aromatic heterocycles. The van der Waals surface area contributed by atoms with Gasteiger partial charge in [-0.2, -0.15) is 4.98 Å². The van der Waals surface area contributed by atoms with Gasteiger partial charge in [-0.1, -0.05) is 0 Å². The van der Waals surface area contributed by atoms with Crippen molar-refractivity contribution in [1.82, 2.24) is 25.3 Å². The molecule has 0 aliphatic heterocycles. The van der Waals surface area contributed by atoms with Crippen LogP contribution in [0.25, 0.3) is 11.2 Å². The van der Waals surface area contributed by atoms with E-state index in [0.29, 0.717) is 17.8 Å². The Morgan fingerprint density at radius 1 is 1.33 bits per heavy atom. The van der Waals surface area contributed by atoms with Crippen molar-refractivity contribution in [3.05, 3.63) is 52.1 Å². The number of alkyl halides is 1. The van der Waals surface area contributed by atoms with Crippen molar-refractivity contribution >= 4 is 53.3 Å². The van der Waals surface area contributed by atoms with Crippen LogP contribution in [0.4, 0.5) is 11.6 Å². The van der Waals surface area contributed by atoms with E-state index in [9.17, 15) is 14.4 Å². The third kappa shape index (κ3) is 5.13. The molecule has 0 spiro atoms. The topological polar surface area (TPSA) is 167 Å². The molecule has 0 fully saturated rings. The first-order valence-corrected chi connectivity index (χ1v) is 15.9. The Bertz CT molecular complexity index is 1150. The van der Waals surface area contributed by atoms with Crippen molar-refractivity contribution in [3.8, 4) is 0 Å². The molecule has 30 heavy (non-hydrogen) atoms. The maximum atomic E-state index is 12.2. The minimum absolute atomic E-state index is 0.0224. The number of carbonyl (C=O) groups is 2. The summed E-state index contributed by atoms with van der Waals surface area (Å²) >= 11 is 1.31. The Morgan fingerprint density at radius 3 is 2.67 bits per heavy atom. The number of aromatic amines is 1. The van der Waals surface area contributed by atoms with E-state index in [1.807, 2.05) is 30.6 Å². The number of amides is 1. The Hall–Kier alpha value is -2.56. The van der Waals surface area contributed by atoms with E-state index in [4.69, 9.17) is 10.8 Å². The predicted octanol–water partition coefficient (Wildman–Crippen LogP) is -2.49. The summed E-state index contributed by atoms with van der Waals surface area (Å²) in [6.45, 7) is 0.360. The third-order valence-corrected chi connectivity index (χ3v) is 8.49. The van der Waals surface area contributed by atoms with Gasteiger partial charge in [0, 0.05) is 0 Å². The van der Waals surface area contributed by atoms with Crippen LogP contribution in [0.1, 0.15) is 16.1 Å². The molecule has 0 aliphatic carbocycles. The first kappa shape index (κ1) is 22.1. The summed E-state index contributed by atoms with van der Waals surface area (Å²) in [4.78, 5) is 51.9. The van der Waals surface area contributed by atoms with Crippen LogP contribution in [0.3, 0.4) is 0 Å². The zero-order valence-electron chi connectivity index (χ0n) is 15.5. The zero-order valence-corrected chi connectivity index (χ0v) is 19.8. The molecule has 5 N–H and O–H groups in total. The molecule has 1 aromatic carbocycles. The number of rotatable bonds is 7. The number of nitrogens with two attached hydrogens (primary N) is 1. The van der Waals surface area contributed by atoms with Crippen LogP contribution in [-0.4, -0.2) is 48.0 Å². The number of nitrogens with one attached hydrogen (secondary N) is 2. The van der Waals surface area contributed by atoms with E-state index in [1.54, 1.807) is 24.3 Å². The SMILES string of the molecule is CN(Cc1cnc2nc(N)[nH]c(=O)c2n1)c1ccc(C(=O)N[C@@H]([I-]I)C(=O)O)cc1. The number of nitrogens with zero attached hydrogens (tertiary/aromatic N) is 4. The Kier molecular flexibility index (Phi) is 7.01. The number of carboxylic acids is 1. The number of carboxylic acid groups (broad SMARTS) is 1. The summed E-state index contributed by atoms with van der Waals surface area (Å²) in [7, 11) is 1.83. The Labute approximate surface area is 189 Å². The molecular weight excluding hydrogens is 620 g/mol. The van der Waals surface area contributed by atoms with Gasteiger partial charge < -0.3 is 5.73 Å². The van der Waals surface area contributed by atoms with Crippen LogP contribution >= 0.6 is 18.6 Å². The van der Waals surface area contributed by atoms with Gasteiger partial charge in [-0.15, -0.1) is 0 Å². The number of aliphatic carboxylic acids is 1. The molecule has 2 heterocycles. The number of carbonyl (C=O) groups excluding carboxylic acids is 1. The fourth-order valence-electron chi connectivity index (χ4n) is 2.56. The van der Waals surface area contributed by atoms with E-state index in [2.05, 4.69) is 25.3 Å². The van der Waals surface area contributed by atoms with Gasteiger partial charge in [0.05, 0.1) is 0 Å². The van der Waals surface area contributed by atoms with Gasteiger partial charge in [0.2, 0.25) is 5.95 Å². The monoisotopic (exact) mass is 636 g/mol. The summed E-state index contributed by atoms with van der Waals surface area (Å²) in [6, 6.07) is 6.73. The molecular formula is C17H16I2N7O4-. The van der Waals surface area contributed by atoms with Crippen LogP contribution in [0, 0.1) is 0 Å². The molecule has 0 unspecified atom stereocenters. The molecule has 13 heteroatoms. The third-order valence-electron chi connectivity index (χ3n) is 4.01. The van der Waals surface area contributed by atoms with E-state index in [1.165, 1.54) is 6.20 Å². The molecule has 1 atom stereocenters. The Balaban J connectivity index is 1.72. The number of hydrogen-bond donors (Lipinski definition) is 4. The minimum atomic E-state index is -1.03. The number of anilines is 2. The van der Waals surface area contributed by atoms with E-state index in [0.717, 1.165) is 5.69 Å². The molecule has 3 rings (SSSR count). The summed E-state index contributed by atoms with van der Waals surface area (Å²) in [5.74, 6) is -1.49. The van der Waals surface area contributed by atoms with Crippen molar-refractivity contribution in [2.24, 2.45) is 0 Å². The van der Waals surface area contributed by atoms with Crippen LogP contribution in [0.15, 0.2) is 35.3 Å². The number of fused-ring (bicyclic) bond motifs is 1. The second-order valence-electron chi connectivity index (χ2n) is 6.14. The van der Waals surface area contributed by atoms with Crippen LogP contribution < -0.4 is 38.7 Å². The van der Waals surface area contributed by atoms with Gasteiger partial charge in [0.25, 0.3) is 5.56 Å². The van der Waals surface area contributed by atoms with Crippen molar-refractivity contribution < 1.29 is 31.9 Å². The number of halogens is 2. The van der Waals surface area contributed by atoms with Crippen LogP contribution in [0.5, 0.6) is 0 Å². The van der Waals surface area contributed by atoms with Crippen LogP contribution in [-0.2, 0) is 11.3 Å². The van der Waals surface area contributed by atoms with Gasteiger partial charge in [-0.25, -0.2) is 0 Å². The van der Waals surface area contributed by atoms with Crippen molar-refractivity contribution in [2.75, 3.05) is 17.7 Å². The number of aromatic nitrogens is 4. The van der Waals surface area contributed by atoms with Crippen molar-refractivity contribution in [3.63, 3.8) is 0 Å². The van der Waals surface area contributed by atoms with Crippen molar-refractivity contribution in [1.29, 1.82) is 0 Å². The molecule has 0 saturated carbocycles. The first-order chi connectivity index (χ1) is 14.3. The summed E-state index contributed by atoms with van der Waals surface area (Å²) < 4.78 is -0.835. The zero-order chi connectivity index (χ0) is 21.8. The number of benzene rings is 1. The van der Waals surface area contributed by atoms with E-state index < -0.39 is 38.7 Å². The second-order valence-corrected chi connectivity index (χ2v) is 11.0. The number of nitrogen functional groups attached to an aromatic ring is 1. The van der Waals surface area contributed by atoms with Gasteiger partial charge in [-0.05, 0) is 0 Å². The molecule has 11 nitrogen and oxygen atoms in total. The molecule has 3 aromatic rings. The maximum absolute atomic E-state index is 12.2. The molecule has 1 amide bonds. The van der Waals surface area contributed by atoms with Crippen molar-refractivity contribution in [2.45, 2.75) is 10.6 Å². The van der Waals surface area contributed by atoms with Gasteiger partial charge in [0.1, 0.15) is 0 Å². The molecule has 0 aliphatic rings. The standard InChI is InChI=1S/C17H16I2N7O4/c1-26(7-9-6-21-13-11(22-9)15(28)25-17(20)24-13)10-4-2-8(3-5-10)14(27)23-12(19-18)16(29)30/h2-6,12H,7H2,1H3,(H,23,27)(H,29,30)(H3,20,21,24,25,28)/q-1/t12-/m1/s1. The number of H-pyrrole nitrogens is 1. The fraction of sp³-hybridized carbons (Fsp3) is 0.176. The van der Waals surface area contributed by atoms with Gasteiger partial charge >= 0.3 is 153 Å². The Morgan fingerprint density at radius 2 is 2.03 bits per heavy atom. The van der Waals surface area contributed by atoms with E-state index in [-0.39, 0.29) is 17.1 Å². The fourth-order valence-corrected chi connectivity index (χ4v) is 5.31. The average Bonchev–Trinajstić information content (AvgIpc) is 2.72. The van der Waals surface area contributed by atoms with Gasteiger partial charge in [0.15, 0.2) is 5.65 Å². The van der Waals surface area contributed by atoms with E-state index >= 15 is 0 Å². The summed E-state index contributed by atoms with van der Waals surface area (Å²) in [6.07, 6.45) is 1.52. The molecule has 0 bridgehead atoms. The second kappa shape index (κ2) is 9.50. The average molecular weight is 636 g/mol. The predicted molar refractivity (Wildman–Crippen MR) is 114 cm³/mol.